The van der Waals surface area contributed by atoms with Gasteiger partial charge in [-0.05, 0) is 37.8 Å². The van der Waals surface area contributed by atoms with E-state index >= 15 is 0 Å². The zero-order valence-corrected chi connectivity index (χ0v) is 15.6. The molecule has 1 unspecified atom stereocenters. The number of amides is 1. The summed E-state index contributed by atoms with van der Waals surface area (Å²) in [5, 5.41) is 12.5. The first-order valence-corrected chi connectivity index (χ1v) is 9.39. The number of benzene rings is 1. The Morgan fingerprint density at radius 3 is 2.73 bits per heavy atom. The lowest BCUT2D eigenvalue weighted by Crippen LogP contribution is -3.11. The van der Waals surface area contributed by atoms with Crippen LogP contribution in [0.2, 0.25) is 0 Å². The molecule has 1 aliphatic carbocycles. The Balaban J connectivity index is 1.71. The van der Waals surface area contributed by atoms with Crippen molar-refractivity contribution in [2.75, 3.05) is 27.3 Å². The van der Waals surface area contributed by atoms with Crippen molar-refractivity contribution < 1.29 is 19.2 Å². The van der Waals surface area contributed by atoms with E-state index in [0.717, 1.165) is 62.1 Å². The zero-order chi connectivity index (χ0) is 18.6. The Hall–Kier alpha value is -2.26. The minimum atomic E-state index is -0.649. The van der Waals surface area contributed by atoms with E-state index < -0.39 is 5.54 Å². The van der Waals surface area contributed by atoms with Crippen LogP contribution in [0.4, 0.5) is 0 Å². The molecule has 0 aromatic heterocycles. The number of likely N-dealkylation sites (tertiary alicyclic amines) is 1. The maximum atomic E-state index is 12.6. The first-order chi connectivity index (χ1) is 12.6. The summed E-state index contributed by atoms with van der Waals surface area (Å²) in [6.45, 7) is 1.34. The SMILES string of the molecule is COc1ccc([C@H]2CCC[NH+]2CC(=O)NC2(C#N)CCCC2)c(OC)c1. The number of carbonyl (C=O) groups excluding carboxylic acids is 1. The van der Waals surface area contributed by atoms with Crippen LogP contribution in [0.15, 0.2) is 18.2 Å². The van der Waals surface area contributed by atoms with E-state index in [1.807, 2.05) is 18.2 Å². The van der Waals surface area contributed by atoms with Crippen molar-refractivity contribution in [2.24, 2.45) is 0 Å². The van der Waals surface area contributed by atoms with Crippen molar-refractivity contribution in [2.45, 2.75) is 50.1 Å². The van der Waals surface area contributed by atoms with Crippen LogP contribution in [0.25, 0.3) is 0 Å². The van der Waals surface area contributed by atoms with Crippen molar-refractivity contribution >= 4 is 5.91 Å². The van der Waals surface area contributed by atoms with Crippen molar-refractivity contribution in [3.63, 3.8) is 0 Å². The van der Waals surface area contributed by atoms with E-state index in [-0.39, 0.29) is 11.9 Å². The van der Waals surface area contributed by atoms with Gasteiger partial charge in [-0.2, -0.15) is 5.26 Å². The summed E-state index contributed by atoms with van der Waals surface area (Å²) in [5.74, 6) is 1.54. The van der Waals surface area contributed by atoms with Crippen molar-refractivity contribution in [1.29, 1.82) is 5.26 Å². The third-order valence-corrected chi connectivity index (χ3v) is 5.74. The molecular weight excluding hydrogens is 330 g/mol. The highest BCUT2D eigenvalue weighted by molar-refractivity contribution is 5.78. The molecule has 1 saturated heterocycles. The first-order valence-electron chi connectivity index (χ1n) is 9.39. The van der Waals surface area contributed by atoms with Crippen LogP contribution in [-0.4, -0.2) is 38.8 Å². The third kappa shape index (κ3) is 3.78. The van der Waals surface area contributed by atoms with Gasteiger partial charge in [0, 0.05) is 18.9 Å². The van der Waals surface area contributed by atoms with E-state index in [9.17, 15) is 10.1 Å². The molecule has 2 atom stereocenters. The molecule has 1 aliphatic heterocycles. The van der Waals surface area contributed by atoms with Gasteiger partial charge in [0.1, 0.15) is 23.1 Å². The summed E-state index contributed by atoms with van der Waals surface area (Å²) in [5.41, 5.74) is 0.466. The minimum Gasteiger partial charge on any atom is -0.497 e. The number of nitriles is 1. The Bertz CT molecular complexity index is 692. The van der Waals surface area contributed by atoms with E-state index in [2.05, 4.69) is 11.4 Å². The number of rotatable bonds is 6. The summed E-state index contributed by atoms with van der Waals surface area (Å²) in [4.78, 5) is 13.8. The third-order valence-electron chi connectivity index (χ3n) is 5.74. The largest absolute Gasteiger partial charge is 0.497 e. The van der Waals surface area contributed by atoms with E-state index in [1.54, 1.807) is 14.2 Å². The van der Waals surface area contributed by atoms with Gasteiger partial charge < -0.3 is 19.7 Å². The van der Waals surface area contributed by atoms with E-state index in [4.69, 9.17) is 9.47 Å². The van der Waals surface area contributed by atoms with E-state index in [0.29, 0.717) is 6.54 Å². The van der Waals surface area contributed by atoms with Crippen LogP contribution < -0.4 is 19.7 Å². The van der Waals surface area contributed by atoms with Crippen LogP contribution in [0, 0.1) is 11.3 Å². The number of nitrogens with zero attached hydrogens (tertiary/aromatic N) is 1. The molecule has 2 N–H and O–H groups in total. The van der Waals surface area contributed by atoms with Crippen molar-refractivity contribution in [3.05, 3.63) is 23.8 Å². The molecule has 3 rings (SSSR count). The molecule has 0 bridgehead atoms. The van der Waals surface area contributed by atoms with Crippen molar-refractivity contribution in [3.8, 4) is 17.6 Å². The van der Waals surface area contributed by atoms with Crippen LogP contribution in [0.5, 0.6) is 11.5 Å². The number of hydrogen-bond acceptors (Lipinski definition) is 4. The van der Waals surface area contributed by atoms with Gasteiger partial charge in [-0.3, -0.25) is 4.79 Å². The maximum Gasteiger partial charge on any atom is 0.276 e. The number of nitrogens with one attached hydrogen (secondary N) is 2. The van der Waals surface area contributed by atoms with Crippen LogP contribution >= 0.6 is 0 Å². The number of methoxy groups -OCH3 is 2. The number of hydrogen-bond donors (Lipinski definition) is 2. The average Bonchev–Trinajstić information content (AvgIpc) is 3.31. The monoisotopic (exact) mass is 358 g/mol. The molecule has 6 heteroatoms. The van der Waals surface area contributed by atoms with Gasteiger partial charge in [-0.15, -0.1) is 0 Å². The normalized spacial score (nSPS) is 24.0. The quantitative estimate of drug-likeness (QED) is 0.805. The minimum absolute atomic E-state index is 0.0252. The Labute approximate surface area is 155 Å². The number of quaternary nitrogens is 1. The molecular formula is C20H28N3O3+. The number of ether oxygens (including phenoxy) is 2. The van der Waals surface area contributed by atoms with Gasteiger partial charge in [0.05, 0.1) is 32.4 Å². The summed E-state index contributed by atoms with van der Waals surface area (Å²) < 4.78 is 10.8. The molecule has 1 aromatic rings. The smallest absolute Gasteiger partial charge is 0.276 e. The summed E-state index contributed by atoms with van der Waals surface area (Å²) in [6.07, 6.45) is 5.65. The van der Waals surface area contributed by atoms with Crippen molar-refractivity contribution in [1.82, 2.24) is 5.32 Å². The summed E-state index contributed by atoms with van der Waals surface area (Å²) in [7, 11) is 3.30. The highest BCUT2D eigenvalue weighted by Gasteiger charge is 2.38. The predicted octanol–water partition coefficient (Wildman–Crippen LogP) is 1.38. The second-order valence-electron chi connectivity index (χ2n) is 7.34. The van der Waals surface area contributed by atoms with Gasteiger partial charge in [-0.1, -0.05) is 0 Å². The van der Waals surface area contributed by atoms with Crippen LogP contribution in [0.1, 0.15) is 50.1 Å². The molecule has 1 heterocycles. The molecule has 2 aliphatic rings. The first kappa shape index (κ1) is 18.5. The summed E-state index contributed by atoms with van der Waals surface area (Å²) in [6, 6.07) is 8.44. The highest BCUT2D eigenvalue weighted by Crippen LogP contribution is 2.32. The molecule has 1 aromatic carbocycles. The molecule has 0 spiro atoms. The fraction of sp³-hybridized carbons (Fsp3) is 0.600. The Kier molecular flexibility index (Phi) is 5.67. The molecule has 2 fully saturated rings. The fourth-order valence-corrected chi connectivity index (χ4v) is 4.37. The molecule has 1 saturated carbocycles. The Morgan fingerprint density at radius 2 is 2.08 bits per heavy atom. The lowest BCUT2D eigenvalue weighted by atomic mass is 10.00. The standard InChI is InChI=1S/C20H27N3O3/c1-25-15-7-8-16(18(12-15)26-2)17-6-5-11-23(17)13-19(24)22-20(14-21)9-3-4-10-20/h7-8,12,17H,3-6,9-11,13H2,1-2H3,(H,22,24)/p+1/t17-/m1/s1. The van der Waals surface area contributed by atoms with Crippen LogP contribution in [0.3, 0.4) is 0 Å². The summed E-state index contributed by atoms with van der Waals surface area (Å²) >= 11 is 0. The molecule has 140 valence electrons. The van der Waals surface area contributed by atoms with Gasteiger partial charge in [0.25, 0.3) is 5.91 Å². The van der Waals surface area contributed by atoms with Gasteiger partial charge in [0.2, 0.25) is 0 Å². The predicted molar refractivity (Wildman–Crippen MR) is 97.2 cm³/mol. The van der Waals surface area contributed by atoms with Gasteiger partial charge in [-0.25, -0.2) is 0 Å². The number of carbonyl (C=O) groups is 1. The molecule has 1 amide bonds. The molecule has 26 heavy (non-hydrogen) atoms. The molecule has 0 radical (unpaired) electrons. The Morgan fingerprint density at radius 1 is 1.31 bits per heavy atom. The van der Waals surface area contributed by atoms with E-state index in [1.165, 1.54) is 4.90 Å². The van der Waals surface area contributed by atoms with Gasteiger partial charge >= 0.3 is 0 Å². The fourth-order valence-electron chi connectivity index (χ4n) is 4.37. The lowest BCUT2D eigenvalue weighted by Gasteiger charge is -2.26. The van der Waals surface area contributed by atoms with Gasteiger partial charge in [0.15, 0.2) is 6.54 Å². The second kappa shape index (κ2) is 7.96. The highest BCUT2D eigenvalue weighted by atomic mass is 16.5. The second-order valence-corrected chi connectivity index (χ2v) is 7.34. The molecule has 6 nitrogen and oxygen atoms in total. The maximum absolute atomic E-state index is 12.6. The lowest BCUT2D eigenvalue weighted by molar-refractivity contribution is -0.910. The van der Waals surface area contributed by atoms with Crippen LogP contribution in [-0.2, 0) is 4.79 Å². The zero-order valence-electron chi connectivity index (χ0n) is 15.6. The topological polar surface area (TPSA) is 75.8 Å². The average molecular weight is 358 g/mol.